The average molecular weight is 780 g/mol. The number of benzene rings is 1. The van der Waals surface area contributed by atoms with E-state index in [2.05, 4.69) is 59.3 Å². The molecule has 1 aromatic carbocycles. The van der Waals surface area contributed by atoms with Crippen molar-refractivity contribution < 1.29 is 32.9 Å². The molecule has 1 aliphatic carbocycles. The number of alkyl halides is 3. The van der Waals surface area contributed by atoms with E-state index in [4.69, 9.17) is 5.73 Å². The first-order chi connectivity index (χ1) is 26.0. The number of allylic oxidation sites excluding steroid dienone is 4. The second-order valence-corrected chi connectivity index (χ2v) is 13.1. The van der Waals surface area contributed by atoms with Crippen molar-refractivity contribution in [3.05, 3.63) is 83.1 Å². The Morgan fingerprint density at radius 1 is 1.11 bits per heavy atom. The monoisotopic (exact) mass is 780 g/mol. The predicted octanol–water partition coefficient (Wildman–Crippen LogP) is 6.28. The molecule has 314 valence electrons. The Balaban J connectivity index is 0. The van der Waals surface area contributed by atoms with Gasteiger partial charge in [0.1, 0.15) is 6.04 Å². The zero-order valence-electron chi connectivity index (χ0n) is 36.0. The van der Waals surface area contributed by atoms with Crippen molar-refractivity contribution in [2.45, 2.75) is 151 Å². The molecule has 1 aliphatic heterocycles. The van der Waals surface area contributed by atoms with Gasteiger partial charge in [-0.25, -0.2) is 0 Å². The topological polar surface area (TPSA) is 134 Å². The number of nitrogens with zero attached hydrogens (tertiary/aromatic N) is 1. The minimum Gasteiger partial charge on any atom is -0.389 e. The van der Waals surface area contributed by atoms with E-state index >= 15 is 0 Å². The summed E-state index contributed by atoms with van der Waals surface area (Å²) in [5.74, 6) is 0.0721. The van der Waals surface area contributed by atoms with Crippen LogP contribution in [0, 0.1) is 0 Å². The first-order valence-electron chi connectivity index (χ1n) is 19.9. The summed E-state index contributed by atoms with van der Waals surface area (Å²) in [4.78, 5) is 29.8. The quantitative estimate of drug-likeness (QED) is 0.0679. The zero-order valence-corrected chi connectivity index (χ0v) is 36.0. The lowest BCUT2D eigenvalue weighted by atomic mass is 9.82. The van der Waals surface area contributed by atoms with Gasteiger partial charge in [-0.2, -0.15) is 13.2 Å². The van der Waals surface area contributed by atoms with E-state index in [1.54, 1.807) is 0 Å². The molecule has 0 aromatic heterocycles. The van der Waals surface area contributed by atoms with Crippen LogP contribution in [0.1, 0.15) is 123 Å². The number of amides is 2. The van der Waals surface area contributed by atoms with E-state index < -0.39 is 29.3 Å². The van der Waals surface area contributed by atoms with Crippen LogP contribution in [0.2, 0.25) is 0 Å². The number of aliphatic hydroxyl groups is 1. The third-order valence-electron chi connectivity index (χ3n) is 9.23. The number of hydrogen-bond donors (Lipinski definition) is 6. The van der Waals surface area contributed by atoms with Crippen molar-refractivity contribution in [2.24, 2.45) is 5.73 Å². The molecule has 9 nitrogen and oxygen atoms in total. The van der Waals surface area contributed by atoms with Crippen LogP contribution in [0.3, 0.4) is 0 Å². The predicted molar refractivity (Wildman–Crippen MR) is 224 cm³/mol. The lowest BCUT2D eigenvalue weighted by molar-refractivity contribution is -0.529. The van der Waals surface area contributed by atoms with Crippen LogP contribution in [-0.2, 0) is 17.6 Å². The third kappa shape index (κ3) is 16.4. The molecule has 55 heavy (non-hydrogen) atoms. The van der Waals surface area contributed by atoms with E-state index in [0.717, 1.165) is 43.1 Å². The van der Waals surface area contributed by atoms with E-state index in [1.807, 2.05) is 79.9 Å². The van der Waals surface area contributed by atoms with E-state index in [9.17, 15) is 27.9 Å². The molecular weight excluding hydrogens is 706 g/mol. The van der Waals surface area contributed by atoms with Gasteiger partial charge in [0.15, 0.2) is 0 Å². The highest BCUT2D eigenvalue weighted by Crippen LogP contribution is 2.32. The third-order valence-corrected chi connectivity index (χ3v) is 9.23. The Bertz CT molecular complexity index is 1420. The van der Waals surface area contributed by atoms with Gasteiger partial charge >= 0.3 is 6.18 Å². The van der Waals surface area contributed by atoms with Crippen LogP contribution in [0.25, 0.3) is 0 Å². The van der Waals surface area contributed by atoms with Crippen molar-refractivity contribution in [1.29, 1.82) is 0 Å². The summed E-state index contributed by atoms with van der Waals surface area (Å²) < 4.78 is 36.6. The zero-order chi connectivity index (χ0) is 42.9. The molecule has 7 N–H and O–H groups in total. The van der Waals surface area contributed by atoms with Gasteiger partial charge in [-0.15, -0.1) is 0 Å². The largest absolute Gasteiger partial charge is 0.416 e. The summed E-state index contributed by atoms with van der Waals surface area (Å²) >= 11 is 0. The fraction of sp³-hybridized carbons (Fsp3) is 0.605. The summed E-state index contributed by atoms with van der Waals surface area (Å²) in [6.07, 6.45) is 7.65. The number of fused-ring (bicyclic) bond motifs is 1. The molecule has 3 rings (SSSR count). The summed E-state index contributed by atoms with van der Waals surface area (Å²) in [6.45, 7) is 25.5. The molecule has 0 spiro atoms. The molecule has 1 aromatic rings. The number of nitrogens with two attached hydrogens (primary N) is 1. The molecule has 5 unspecified atom stereocenters. The smallest absolute Gasteiger partial charge is 0.389 e. The Kier molecular flexibility index (Phi) is 26.7. The minimum absolute atomic E-state index is 0.0102. The number of carbonyl (C=O) groups excluding carboxylic acids is 2. The maximum Gasteiger partial charge on any atom is 0.416 e. The van der Waals surface area contributed by atoms with Crippen LogP contribution in [0.15, 0.2) is 66.4 Å². The highest BCUT2D eigenvalue weighted by Gasteiger charge is 2.56. The second-order valence-electron chi connectivity index (χ2n) is 13.1. The molecule has 1 fully saturated rings. The molecule has 0 saturated carbocycles. The normalized spacial score (nSPS) is 20.8. The lowest BCUT2D eigenvalue weighted by Gasteiger charge is -2.41. The standard InChI is InChI=1S/C26H41N5O2.C10H12F3NO.C3H8.2C2H6/c1-6-15-28-17(3)23(30-22(27)7-2)26(4)24(32)21(16-31(26)5)29-25(33)20-14-10-12-18-11-8-9-13-19(18)20;1-4-8(10(11,12)13)6-5-7(2)9(15)14-3;1-3-2;2*1-2/h6,10,12,14-15,17,21,23-24,28,32H,7-9,11,13,16H2,1-5H3,(H2,27,30)(H,29,33);4-6H,2H2,1,3H3,(H,14,15);3H2,1-2H3;2*1-2H3/p+1/b15-6-;6-5-,8-4+;;;. The molecule has 1 heterocycles. The van der Waals surface area contributed by atoms with Gasteiger partial charge in [-0.3, -0.25) is 25.2 Å². The molecule has 0 bridgehead atoms. The van der Waals surface area contributed by atoms with Gasteiger partial charge in [0.2, 0.25) is 11.7 Å². The average Bonchev–Trinajstić information content (AvgIpc) is 3.39. The van der Waals surface area contributed by atoms with Crippen LogP contribution in [0.5, 0.6) is 0 Å². The highest BCUT2D eigenvalue weighted by molar-refractivity contribution is 5.96. The number of amidine groups is 1. The summed E-state index contributed by atoms with van der Waals surface area (Å²) in [5, 5.41) is 20.3. The summed E-state index contributed by atoms with van der Waals surface area (Å²) in [6, 6.07) is 5.44. The van der Waals surface area contributed by atoms with Crippen LogP contribution < -0.4 is 26.7 Å². The molecule has 0 radical (unpaired) electrons. The lowest BCUT2D eigenvalue weighted by Crippen LogP contribution is -2.92. The molecule has 2 aliphatic rings. The van der Waals surface area contributed by atoms with Gasteiger partial charge in [0, 0.05) is 31.1 Å². The van der Waals surface area contributed by atoms with Gasteiger partial charge in [-0.1, -0.05) is 85.8 Å². The number of aliphatic hydroxyl groups excluding tert-OH is 1. The highest BCUT2D eigenvalue weighted by atomic mass is 19.4. The van der Waals surface area contributed by atoms with Crippen LogP contribution in [-0.4, -0.2) is 84.2 Å². The first kappa shape index (κ1) is 53.2. The van der Waals surface area contributed by atoms with Crippen molar-refractivity contribution in [1.82, 2.24) is 20.9 Å². The number of likely N-dealkylation sites (tertiary alicyclic amines) is 1. The molecule has 12 heteroatoms. The van der Waals surface area contributed by atoms with Crippen molar-refractivity contribution in [3.63, 3.8) is 0 Å². The fourth-order valence-electron chi connectivity index (χ4n) is 6.22. The Hall–Kier alpha value is -3.90. The van der Waals surface area contributed by atoms with Crippen molar-refractivity contribution in [2.75, 3.05) is 20.6 Å². The molecule has 2 amide bonds. The first-order valence-corrected chi connectivity index (χ1v) is 19.9. The fourth-order valence-corrected chi connectivity index (χ4v) is 6.22. The number of aryl methyl sites for hydroxylation is 1. The summed E-state index contributed by atoms with van der Waals surface area (Å²) in [7, 11) is 3.38. The maximum absolute atomic E-state index is 13.3. The van der Waals surface area contributed by atoms with Gasteiger partial charge in [-0.05, 0) is 96.0 Å². The van der Waals surface area contributed by atoms with E-state index in [1.165, 1.54) is 37.9 Å². The van der Waals surface area contributed by atoms with Gasteiger partial charge in [0.05, 0.1) is 29.3 Å². The molecular formula is C43H74F3N6O3+. The number of rotatable bonds is 11. The van der Waals surface area contributed by atoms with E-state index in [-0.39, 0.29) is 29.6 Å². The number of nitrogens with one attached hydrogen (secondary N) is 4. The Morgan fingerprint density at radius 2 is 1.69 bits per heavy atom. The number of likely N-dealkylation sites (N-methyl/N-ethyl adjacent to an activating group) is 2. The number of carbonyl (C=O) groups is 2. The van der Waals surface area contributed by atoms with Crippen LogP contribution >= 0.6 is 0 Å². The Morgan fingerprint density at radius 3 is 2.20 bits per heavy atom. The maximum atomic E-state index is 13.3. The number of hydrogen-bond acceptors (Lipinski definition) is 5. The number of halogens is 3. The Labute approximate surface area is 330 Å². The minimum atomic E-state index is -4.41. The van der Waals surface area contributed by atoms with Gasteiger partial charge < -0.3 is 21.1 Å². The van der Waals surface area contributed by atoms with Crippen LogP contribution in [0.4, 0.5) is 13.2 Å². The van der Waals surface area contributed by atoms with Gasteiger partial charge in [0.25, 0.3) is 5.91 Å². The second kappa shape index (κ2) is 27.6. The van der Waals surface area contributed by atoms with Crippen molar-refractivity contribution >= 4 is 17.6 Å². The van der Waals surface area contributed by atoms with Crippen molar-refractivity contribution in [3.8, 4) is 0 Å². The SMILES string of the molecule is C/C=C\NC(C)C([NH+]=C(N)CC)C1(C)C(O)C(NC(=O)c2cccc3c2CCCC3)CN1C.C=C(/C=C\C(=C/C)C(F)(F)F)C(=O)NC.CC.CC.CCC. The van der Waals surface area contributed by atoms with E-state index in [0.29, 0.717) is 18.8 Å². The molecule has 5 atom stereocenters. The molecule has 1 saturated heterocycles. The summed E-state index contributed by atoms with van der Waals surface area (Å²) in [5.41, 5.74) is 7.91.